The van der Waals surface area contributed by atoms with Gasteiger partial charge in [0.05, 0.1) is 5.69 Å². The topological polar surface area (TPSA) is 21.3 Å². The second-order valence-corrected chi connectivity index (χ2v) is 2.89. The lowest BCUT2D eigenvalue weighted by molar-refractivity contribution is 0.321. The molecule has 0 bridgehead atoms. The van der Waals surface area contributed by atoms with Crippen molar-refractivity contribution in [3.8, 4) is 5.75 Å². The lowest BCUT2D eigenvalue weighted by Gasteiger charge is -2.19. The summed E-state index contributed by atoms with van der Waals surface area (Å²) >= 11 is 5.67. The molecule has 1 aromatic carbocycles. The zero-order valence-corrected chi connectivity index (χ0v) is 6.99. The largest absolute Gasteiger partial charge is 0.488 e. The Morgan fingerprint density at radius 2 is 2.33 bits per heavy atom. The van der Waals surface area contributed by atoms with Crippen LogP contribution in [0.1, 0.15) is 0 Å². The molecule has 1 heterocycles. The third-order valence-corrected chi connectivity index (χ3v) is 2.07. The number of halogens is 2. The average molecular weight is 188 g/mol. The van der Waals surface area contributed by atoms with Gasteiger partial charge >= 0.3 is 0 Å². The van der Waals surface area contributed by atoms with E-state index in [2.05, 4.69) is 5.32 Å². The highest BCUT2D eigenvalue weighted by molar-refractivity contribution is 6.32. The van der Waals surface area contributed by atoms with Gasteiger partial charge in [-0.05, 0) is 12.1 Å². The zero-order chi connectivity index (χ0) is 8.55. The van der Waals surface area contributed by atoms with E-state index in [0.29, 0.717) is 12.4 Å². The Labute approximate surface area is 74.3 Å². The maximum Gasteiger partial charge on any atom is 0.164 e. The smallest absolute Gasteiger partial charge is 0.164 e. The Morgan fingerprint density at radius 1 is 1.50 bits per heavy atom. The zero-order valence-electron chi connectivity index (χ0n) is 6.23. The van der Waals surface area contributed by atoms with Crippen molar-refractivity contribution in [1.29, 1.82) is 0 Å². The van der Waals surface area contributed by atoms with Gasteiger partial charge in [0.15, 0.2) is 5.75 Å². The lowest BCUT2D eigenvalue weighted by Crippen LogP contribution is -2.18. The number of nitrogens with one attached hydrogen (secondary N) is 1. The van der Waals surface area contributed by atoms with Crippen LogP contribution in [0.25, 0.3) is 0 Å². The Bertz CT molecular complexity index is 316. The van der Waals surface area contributed by atoms with E-state index >= 15 is 0 Å². The van der Waals surface area contributed by atoms with Crippen molar-refractivity contribution < 1.29 is 9.13 Å². The molecule has 0 fully saturated rings. The van der Waals surface area contributed by atoms with Crippen LogP contribution >= 0.6 is 11.6 Å². The summed E-state index contributed by atoms with van der Waals surface area (Å²) in [7, 11) is 0. The number of ether oxygens (including phenoxy) is 1. The summed E-state index contributed by atoms with van der Waals surface area (Å²) in [6, 6.07) is 2.94. The normalized spacial score (nSPS) is 14.5. The van der Waals surface area contributed by atoms with Crippen LogP contribution < -0.4 is 10.1 Å². The second-order valence-electron chi connectivity index (χ2n) is 2.51. The van der Waals surface area contributed by atoms with Crippen molar-refractivity contribution in [2.45, 2.75) is 0 Å². The Hall–Kier alpha value is -0.960. The minimum atomic E-state index is -0.445. The molecule has 0 aliphatic carbocycles. The fourth-order valence-electron chi connectivity index (χ4n) is 1.15. The van der Waals surface area contributed by atoms with Crippen LogP contribution in [-0.4, -0.2) is 13.2 Å². The molecule has 0 amide bonds. The van der Waals surface area contributed by atoms with E-state index in [1.54, 1.807) is 6.07 Å². The molecule has 1 N–H and O–H groups in total. The van der Waals surface area contributed by atoms with Gasteiger partial charge in [-0.15, -0.1) is 0 Å². The number of rotatable bonds is 0. The van der Waals surface area contributed by atoms with Crippen LogP contribution in [0.4, 0.5) is 10.1 Å². The monoisotopic (exact) mass is 187 g/mol. The van der Waals surface area contributed by atoms with Crippen molar-refractivity contribution >= 4 is 17.3 Å². The molecule has 64 valence electrons. The van der Waals surface area contributed by atoms with Crippen LogP contribution in [0, 0.1) is 5.82 Å². The summed E-state index contributed by atoms with van der Waals surface area (Å²) in [4.78, 5) is 0. The fraction of sp³-hybridized carbons (Fsp3) is 0.250. The van der Waals surface area contributed by atoms with E-state index < -0.39 is 5.82 Å². The van der Waals surface area contributed by atoms with Crippen LogP contribution in [0.2, 0.25) is 5.02 Å². The summed E-state index contributed by atoms with van der Waals surface area (Å²) in [6.45, 7) is 1.26. The van der Waals surface area contributed by atoms with Crippen molar-refractivity contribution in [3.63, 3.8) is 0 Å². The first-order chi connectivity index (χ1) is 5.79. The molecule has 0 atom stereocenters. The maximum absolute atomic E-state index is 12.9. The minimum absolute atomic E-state index is 0.0553. The minimum Gasteiger partial charge on any atom is -0.488 e. The second kappa shape index (κ2) is 2.83. The maximum atomic E-state index is 12.9. The van der Waals surface area contributed by atoms with Crippen molar-refractivity contribution in [1.82, 2.24) is 0 Å². The van der Waals surface area contributed by atoms with Crippen LogP contribution in [0.15, 0.2) is 12.1 Å². The molecule has 0 unspecified atom stereocenters. The lowest BCUT2D eigenvalue weighted by atomic mass is 10.2. The van der Waals surface area contributed by atoms with E-state index in [9.17, 15) is 4.39 Å². The first-order valence-electron chi connectivity index (χ1n) is 3.64. The molecule has 1 aliphatic heterocycles. The van der Waals surface area contributed by atoms with Crippen molar-refractivity contribution in [2.75, 3.05) is 18.5 Å². The van der Waals surface area contributed by atoms with Crippen molar-refractivity contribution in [2.24, 2.45) is 0 Å². The molecule has 1 aromatic rings. The number of benzene rings is 1. The standard InChI is InChI=1S/C8H7ClFNO/c9-7-5(10)1-2-6-8(7)12-4-3-11-6/h1-2,11H,3-4H2. The molecule has 12 heavy (non-hydrogen) atoms. The summed E-state index contributed by atoms with van der Waals surface area (Å²) < 4.78 is 18.1. The number of fused-ring (bicyclic) bond motifs is 1. The van der Waals surface area contributed by atoms with Crippen LogP contribution in [0.5, 0.6) is 5.75 Å². The molecular weight excluding hydrogens is 181 g/mol. The van der Waals surface area contributed by atoms with E-state index in [4.69, 9.17) is 16.3 Å². The van der Waals surface area contributed by atoms with Gasteiger partial charge in [0.1, 0.15) is 17.4 Å². The van der Waals surface area contributed by atoms with Crippen LogP contribution in [0.3, 0.4) is 0 Å². The Kier molecular flexibility index (Phi) is 1.81. The molecule has 0 spiro atoms. The van der Waals surface area contributed by atoms with Gasteiger partial charge < -0.3 is 10.1 Å². The highest BCUT2D eigenvalue weighted by Crippen LogP contribution is 2.36. The van der Waals surface area contributed by atoms with Crippen LogP contribution in [-0.2, 0) is 0 Å². The molecule has 0 aromatic heterocycles. The summed E-state index contributed by atoms with van der Waals surface area (Å²) in [5.74, 6) is -0.0259. The van der Waals surface area contributed by atoms with E-state index in [-0.39, 0.29) is 5.02 Å². The molecule has 2 rings (SSSR count). The molecule has 1 aliphatic rings. The molecule has 0 saturated carbocycles. The van der Waals surface area contributed by atoms with Gasteiger partial charge in [-0.2, -0.15) is 0 Å². The van der Waals surface area contributed by atoms with E-state index in [1.807, 2.05) is 0 Å². The van der Waals surface area contributed by atoms with Gasteiger partial charge in [0.25, 0.3) is 0 Å². The SMILES string of the molecule is Fc1ccc2c(c1Cl)OCCN2. The van der Waals surface area contributed by atoms with E-state index in [1.165, 1.54) is 6.07 Å². The Morgan fingerprint density at radius 3 is 3.17 bits per heavy atom. The molecule has 2 nitrogen and oxygen atoms in total. The highest BCUT2D eigenvalue weighted by Gasteiger charge is 2.15. The summed E-state index contributed by atoms with van der Waals surface area (Å²) in [6.07, 6.45) is 0. The summed E-state index contributed by atoms with van der Waals surface area (Å²) in [5, 5.41) is 3.11. The first kappa shape index (κ1) is 7.68. The van der Waals surface area contributed by atoms with E-state index in [0.717, 1.165) is 12.2 Å². The van der Waals surface area contributed by atoms with Gasteiger partial charge in [0.2, 0.25) is 0 Å². The highest BCUT2D eigenvalue weighted by atomic mass is 35.5. The molecular formula is C8H7ClFNO. The van der Waals surface area contributed by atoms with Gasteiger partial charge in [-0.1, -0.05) is 11.6 Å². The van der Waals surface area contributed by atoms with Crippen molar-refractivity contribution in [3.05, 3.63) is 23.0 Å². The quantitative estimate of drug-likeness (QED) is 0.673. The average Bonchev–Trinajstić information content (AvgIpc) is 2.12. The fourth-order valence-corrected chi connectivity index (χ4v) is 1.37. The van der Waals surface area contributed by atoms with Gasteiger partial charge in [-0.3, -0.25) is 0 Å². The predicted molar refractivity (Wildman–Crippen MR) is 45.4 cm³/mol. The molecule has 0 radical (unpaired) electrons. The van der Waals surface area contributed by atoms with Gasteiger partial charge in [-0.25, -0.2) is 4.39 Å². The molecule has 4 heteroatoms. The third-order valence-electron chi connectivity index (χ3n) is 1.71. The third kappa shape index (κ3) is 1.10. The number of hydrogen-bond acceptors (Lipinski definition) is 2. The predicted octanol–water partition coefficient (Wildman–Crippen LogP) is 2.28. The number of hydrogen-bond donors (Lipinski definition) is 1. The Balaban J connectivity index is 2.54. The molecule has 0 saturated heterocycles. The summed E-state index contributed by atoms with van der Waals surface area (Å²) in [5.41, 5.74) is 0.757. The van der Waals surface area contributed by atoms with Gasteiger partial charge in [0, 0.05) is 6.54 Å². The first-order valence-corrected chi connectivity index (χ1v) is 4.01. The number of anilines is 1.